The highest BCUT2D eigenvalue weighted by Crippen LogP contribution is 2.44. The van der Waals surface area contributed by atoms with Crippen molar-refractivity contribution in [3.63, 3.8) is 0 Å². The standard InChI is InChI=1S/C25H18Cl2FNO3/c1-14-7-21-19(12-29(13-31-21)11-16-5-6-17(26)10-20(16)27)25-23(14)24(30)22(32-25)9-15-3-2-4-18(28)8-15/h2-10H,11-13H2,1H3/b22-9-. The molecule has 3 aromatic carbocycles. The van der Waals surface area contributed by atoms with Crippen LogP contribution in [0.15, 0.2) is 54.3 Å². The maximum absolute atomic E-state index is 13.6. The molecule has 0 fully saturated rings. The minimum Gasteiger partial charge on any atom is -0.478 e. The smallest absolute Gasteiger partial charge is 0.232 e. The minimum atomic E-state index is -0.374. The van der Waals surface area contributed by atoms with E-state index >= 15 is 0 Å². The number of carbonyl (C=O) groups excluding carboxylic acids is 1. The molecule has 4 nitrogen and oxygen atoms in total. The summed E-state index contributed by atoms with van der Waals surface area (Å²) in [6, 6.07) is 13.3. The average Bonchev–Trinajstić information content (AvgIpc) is 3.07. The summed E-state index contributed by atoms with van der Waals surface area (Å²) >= 11 is 12.3. The molecule has 0 bridgehead atoms. The van der Waals surface area contributed by atoms with E-state index in [4.69, 9.17) is 32.7 Å². The van der Waals surface area contributed by atoms with Crippen LogP contribution in [0.25, 0.3) is 6.08 Å². The number of allylic oxidation sites excluding steroid dienone is 1. The van der Waals surface area contributed by atoms with Gasteiger partial charge in [0, 0.05) is 23.1 Å². The van der Waals surface area contributed by atoms with E-state index in [2.05, 4.69) is 4.90 Å². The molecule has 162 valence electrons. The Kier molecular flexibility index (Phi) is 5.41. The number of carbonyl (C=O) groups is 1. The molecule has 0 aromatic heterocycles. The maximum atomic E-state index is 13.6. The highest BCUT2D eigenvalue weighted by atomic mass is 35.5. The maximum Gasteiger partial charge on any atom is 0.232 e. The number of aryl methyl sites for hydroxylation is 1. The van der Waals surface area contributed by atoms with Crippen molar-refractivity contribution in [2.75, 3.05) is 6.73 Å². The van der Waals surface area contributed by atoms with Gasteiger partial charge in [-0.2, -0.15) is 0 Å². The van der Waals surface area contributed by atoms with Crippen LogP contribution >= 0.6 is 23.2 Å². The Hall–Kier alpha value is -2.86. The zero-order valence-corrected chi connectivity index (χ0v) is 18.6. The Morgan fingerprint density at radius 2 is 2.00 bits per heavy atom. The number of nitrogens with zero attached hydrogens (tertiary/aromatic N) is 1. The van der Waals surface area contributed by atoms with Crippen molar-refractivity contribution >= 4 is 35.1 Å². The normalized spacial score (nSPS) is 16.5. The zero-order valence-electron chi connectivity index (χ0n) is 17.1. The van der Waals surface area contributed by atoms with Crippen molar-refractivity contribution in [1.82, 2.24) is 4.90 Å². The first-order chi connectivity index (χ1) is 15.4. The van der Waals surface area contributed by atoms with E-state index < -0.39 is 0 Å². The Morgan fingerprint density at radius 3 is 2.78 bits per heavy atom. The lowest BCUT2D eigenvalue weighted by atomic mass is 9.98. The van der Waals surface area contributed by atoms with Crippen LogP contribution in [0, 0.1) is 12.7 Å². The molecule has 2 heterocycles. The highest BCUT2D eigenvalue weighted by molar-refractivity contribution is 6.35. The van der Waals surface area contributed by atoms with E-state index in [-0.39, 0.29) is 17.4 Å². The summed E-state index contributed by atoms with van der Waals surface area (Å²) in [6.07, 6.45) is 1.56. The van der Waals surface area contributed by atoms with E-state index in [1.807, 2.05) is 19.1 Å². The number of halogens is 3. The van der Waals surface area contributed by atoms with Crippen LogP contribution in [0.5, 0.6) is 11.5 Å². The van der Waals surface area contributed by atoms with Gasteiger partial charge in [0.2, 0.25) is 5.78 Å². The third-order valence-corrected chi connectivity index (χ3v) is 6.13. The SMILES string of the molecule is Cc1cc2c(c3c1C(=O)/C(=C/c1cccc(F)c1)O3)CN(Cc1ccc(Cl)cc1Cl)CO2. The minimum absolute atomic E-state index is 0.167. The fourth-order valence-electron chi connectivity index (χ4n) is 4.02. The first-order valence-corrected chi connectivity index (χ1v) is 10.8. The Labute approximate surface area is 194 Å². The topological polar surface area (TPSA) is 38.8 Å². The number of ketones is 1. The van der Waals surface area contributed by atoms with Gasteiger partial charge in [0.25, 0.3) is 0 Å². The summed E-state index contributed by atoms with van der Waals surface area (Å²) in [4.78, 5) is 15.1. The first kappa shape index (κ1) is 21.0. The number of Topliss-reactive ketones (excluding diaryl/α,β-unsaturated/α-hetero) is 1. The summed E-state index contributed by atoms with van der Waals surface area (Å²) in [6.45, 7) is 3.31. The van der Waals surface area contributed by atoms with Gasteiger partial charge in [0.15, 0.2) is 5.76 Å². The van der Waals surface area contributed by atoms with Crippen molar-refractivity contribution in [3.8, 4) is 11.5 Å². The summed E-state index contributed by atoms with van der Waals surface area (Å²) in [5, 5.41) is 1.17. The Bertz CT molecular complexity index is 1290. The van der Waals surface area contributed by atoms with Gasteiger partial charge in [0.05, 0.1) is 11.1 Å². The summed E-state index contributed by atoms with van der Waals surface area (Å²) < 4.78 is 25.6. The second-order valence-corrected chi connectivity index (χ2v) is 8.71. The van der Waals surface area contributed by atoms with Crippen molar-refractivity contribution in [2.45, 2.75) is 20.0 Å². The highest BCUT2D eigenvalue weighted by Gasteiger charge is 2.35. The Balaban J connectivity index is 1.46. The molecule has 2 aliphatic heterocycles. The molecule has 2 aliphatic rings. The molecular weight excluding hydrogens is 452 g/mol. The van der Waals surface area contributed by atoms with Crippen molar-refractivity contribution < 1.29 is 18.7 Å². The van der Waals surface area contributed by atoms with Gasteiger partial charge < -0.3 is 9.47 Å². The van der Waals surface area contributed by atoms with Crippen molar-refractivity contribution in [2.24, 2.45) is 0 Å². The lowest BCUT2D eigenvalue weighted by Gasteiger charge is -2.30. The molecule has 0 atom stereocenters. The monoisotopic (exact) mass is 469 g/mol. The van der Waals surface area contributed by atoms with Crippen LogP contribution in [-0.4, -0.2) is 17.4 Å². The molecule has 32 heavy (non-hydrogen) atoms. The van der Waals surface area contributed by atoms with Gasteiger partial charge in [-0.05, 0) is 60.0 Å². The zero-order chi connectivity index (χ0) is 22.4. The number of fused-ring (bicyclic) bond motifs is 3. The lowest BCUT2D eigenvalue weighted by molar-refractivity contribution is 0.0872. The third kappa shape index (κ3) is 3.88. The predicted octanol–water partition coefficient (Wildman–Crippen LogP) is 6.41. The molecule has 0 aliphatic carbocycles. The van der Waals surface area contributed by atoms with Crippen LogP contribution in [-0.2, 0) is 13.1 Å². The number of rotatable bonds is 3. The fourth-order valence-corrected chi connectivity index (χ4v) is 4.48. The number of hydrogen-bond donors (Lipinski definition) is 0. The fraction of sp³-hybridized carbons (Fsp3) is 0.160. The van der Waals surface area contributed by atoms with Crippen LogP contribution in [0.1, 0.15) is 32.6 Å². The second kappa shape index (κ2) is 8.24. The van der Waals surface area contributed by atoms with Gasteiger partial charge in [0.1, 0.15) is 24.0 Å². The van der Waals surface area contributed by atoms with Crippen LogP contribution < -0.4 is 9.47 Å². The van der Waals surface area contributed by atoms with E-state index in [0.29, 0.717) is 52.5 Å². The van der Waals surface area contributed by atoms with Crippen LogP contribution in [0.2, 0.25) is 10.0 Å². The number of hydrogen-bond acceptors (Lipinski definition) is 4. The summed E-state index contributed by atoms with van der Waals surface area (Å²) in [5.41, 5.74) is 3.58. The molecule has 3 aromatic rings. The van der Waals surface area contributed by atoms with E-state index in [1.54, 1.807) is 30.3 Å². The van der Waals surface area contributed by atoms with Gasteiger partial charge in [-0.15, -0.1) is 0 Å². The molecule has 0 saturated carbocycles. The van der Waals surface area contributed by atoms with Gasteiger partial charge in [-0.3, -0.25) is 9.69 Å². The van der Waals surface area contributed by atoms with Gasteiger partial charge in [-0.1, -0.05) is 41.4 Å². The summed E-state index contributed by atoms with van der Waals surface area (Å²) in [5.74, 6) is 0.766. The van der Waals surface area contributed by atoms with Gasteiger partial charge >= 0.3 is 0 Å². The molecule has 0 unspecified atom stereocenters. The molecule has 0 spiro atoms. The molecule has 0 saturated heterocycles. The quantitative estimate of drug-likeness (QED) is 0.415. The number of ether oxygens (including phenoxy) is 2. The van der Waals surface area contributed by atoms with Crippen molar-refractivity contribution in [3.05, 3.63) is 98.0 Å². The lowest BCUT2D eigenvalue weighted by Crippen LogP contribution is -2.32. The molecule has 7 heteroatoms. The van der Waals surface area contributed by atoms with E-state index in [0.717, 1.165) is 16.7 Å². The van der Waals surface area contributed by atoms with E-state index in [9.17, 15) is 9.18 Å². The molecule has 5 rings (SSSR count). The average molecular weight is 470 g/mol. The molecule has 0 amide bonds. The largest absolute Gasteiger partial charge is 0.478 e. The third-order valence-electron chi connectivity index (χ3n) is 5.54. The van der Waals surface area contributed by atoms with Crippen LogP contribution in [0.3, 0.4) is 0 Å². The summed E-state index contributed by atoms with van der Waals surface area (Å²) in [7, 11) is 0. The molecule has 0 N–H and O–H groups in total. The van der Waals surface area contributed by atoms with E-state index in [1.165, 1.54) is 12.1 Å². The molecular formula is C25H18Cl2FNO3. The molecule has 0 radical (unpaired) electrons. The van der Waals surface area contributed by atoms with Crippen LogP contribution in [0.4, 0.5) is 4.39 Å². The number of benzene rings is 3. The van der Waals surface area contributed by atoms with Gasteiger partial charge in [-0.25, -0.2) is 4.39 Å². The first-order valence-electron chi connectivity index (χ1n) is 10.0. The second-order valence-electron chi connectivity index (χ2n) is 7.87. The van der Waals surface area contributed by atoms with Crippen molar-refractivity contribution in [1.29, 1.82) is 0 Å². The Morgan fingerprint density at radius 1 is 1.16 bits per heavy atom. The predicted molar refractivity (Wildman–Crippen MR) is 122 cm³/mol.